The third-order valence-corrected chi connectivity index (χ3v) is 3.98. The number of aryl methyl sites for hydroxylation is 2. The van der Waals surface area contributed by atoms with E-state index in [0.29, 0.717) is 22.6 Å². The van der Waals surface area contributed by atoms with E-state index < -0.39 is 12.3 Å². The molecule has 1 atom stereocenters. The van der Waals surface area contributed by atoms with E-state index in [1.807, 2.05) is 13.8 Å². The molecular weight excluding hydrogens is 272 g/mol. The lowest BCUT2D eigenvalue weighted by atomic mass is 9.88. The molecule has 1 unspecified atom stereocenters. The second kappa shape index (κ2) is 4.56. The lowest BCUT2D eigenvalue weighted by Crippen LogP contribution is -2.28. The number of esters is 1. The molecule has 1 aliphatic rings. The Morgan fingerprint density at radius 3 is 2.48 bits per heavy atom. The zero-order valence-electron chi connectivity index (χ0n) is 11.6. The molecule has 1 aliphatic heterocycles. The predicted octanol–water partition coefficient (Wildman–Crippen LogP) is 2.01. The lowest BCUT2D eigenvalue weighted by Gasteiger charge is -2.24. The third-order valence-electron chi connectivity index (χ3n) is 3.98. The molecule has 3 rings (SSSR count). The summed E-state index contributed by atoms with van der Waals surface area (Å²) in [6, 6.07) is 3.53. The Labute approximate surface area is 120 Å². The number of aliphatic hydroxyl groups excluding tert-OH is 1. The van der Waals surface area contributed by atoms with E-state index >= 15 is 0 Å². The van der Waals surface area contributed by atoms with E-state index in [2.05, 4.69) is 0 Å². The van der Waals surface area contributed by atoms with E-state index in [1.54, 1.807) is 12.1 Å². The summed E-state index contributed by atoms with van der Waals surface area (Å²) in [6.07, 6.45) is -0.799. The fourth-order valence-electron chi connectivity index (χ4n) is 2.78. The largest absolute Gasteiger partial charge is 0.507 e. The number of phenols is 1. The van der Waals surface area contributed by atoms with Gasteiger partial charge in [-0.25, -0.2) is 4.79 Å². The number of phenolic OH excluding ortho intramolecular Hbond substituents is 1. The Hall–Kier alpha value is -2.40. The van der Waals surface area contributed by atoms with Gasteiger partial charge in [-0.05, 0) is 36.6 Å². The normalized spacial score (nSPS) is 17.5. The number of fused-ring (bicyclic) bond motifs is 3. The molecule has 0 spiro atoms. The standard InChI is InChI=1S/C16H14O5/c1-7-3-9-11(4-8(7)2)15(19)12(6-17)10-5-13(18)21-16(20)14(9)10/h3-4,6,13,18-19H,5H2,1-2H3. The number of aliphatic hydroxyl groups is 1. The van der Waals surface area contributed by atoms with Gasteiger partial charge in [-0.1, -0.05) is 6.07 Å². The van der Waals surface area contributed by atoms with Crippen LogP contribution in [0.3, 0.4) is 0 Å². The van der Waals surface area contributed by atoms with Crippen LogP contribution in [0, 0.1) is 13.8 Å². The average Bonchev–Trinajstić information content (AvgIpc) is 2.41. The summed E-state index contributed by atoms with van der Waals surface area (Å²) in [7, 11) is 0. The minimum atomic E-state index is -1.30. The van der Waals surface area contributed by atoms with Crippen LogP contribution in [-0.2, 0) is 11.2 Å². The summed E-state index contributed by atoms with van der Waals surface area (Å²) < 4.78 is 4.85. The molecule has 0 saturated heterocycles. The second-order valence-electron chi connectivity index (χ2n) is 5.28. The number of cyclic esters (lactones) is 1. The van der Waals surface area contributed by atoms with Crippen molar-refractivity contribution in [1.29, 1.82) is 0 Å². The van der Waals surface area contributed by atoms with Gasteiger partial charge in [0.1, 0.15) is 5.75 Å². The van der Waals surface area contributed by atoms with Crippen molar-refractivity contribution < 1.29 is 24.5 Å². The number of hydrogen-bond donors (Lipinski definition) is 2. The van der Waals surface area contributed by atoms with E-state index in [1.165, 1.54) is 0 Å². The highest BCUT2D eigenvalue weighted by atomic mass is 16.6. The summed E-state index contributed by atoms with van der Waals surface area (Å²) in [5, 5.41) is 20.9. The van der Waals surface area contributed by atoms with Gasteiger partial charge in [-0.15, -0.1) is 0 Å². The van der Waals surface area contributed by atoms with Crippen molar-refractivity contribution in [1.82, 2.24) is 0 Å². The number of benzene rings is 2. The first-order valence-electron chi connectivity index (χ1n) is 6.57. The molecule has 0 radical (unpaired) electrons. The molecule has 2 N–H and O–H groups in total. The van der Waals surface area contributed by atoms with Gasteiger partial charge in [0.25, 0.3) is 0 Å². The number of rotatable bonds is 1. The van der Waals surface area contributed by atoms with Crippen molar-refractivity contribution in [3.63, 3.8) is 0 Å². The molecular formula is C16H14O5. The van der Waals surface area contributed by atoms with Crippen LogP contribution < -0.4 is 0 Å². The maximum absolute atomic E-state index is 12.1. The first-order valence-corrected chi connectivity index (χ1v) is 6.57. The molecule has 0 bridgehead atoms. The Balaban J connectivity index is 2.51. The maximum Gasteiger partial charge on any atom is 0.341 e. The van der Waals surface area contributed by atoms with Crippen LogP contribution in [0.5, 0.6) is 5.75 Å². The van der Waals surface area contributed by atoms with Crippen molar-refractivity contribution in [3.8, 4) is 5.75 Å². The first-order chi connectivity index (χ1) is 9.93. The Bertz CT molecular complexity index is 791. The molecule has 5 nitrogen and oxygen atoms in total. The van der Waals surface area contributed by atoms with Gasteiger partial charge in [-0.2, -0.15) is 0 Å². The monoisotopic (exact) mass is 286 g/mol. The lowest BCUT2D eigenvalue weighted by molar-refractivity contribution is -0.0685. The van der Waals surface area contributed by atoms with E-state index in [9.17, 15) is 19.8 Å². The van der Waals surface area contributed by atoms with Gasteiger partial charge >= 0.3 is 5.97 Å². The van der Waals surface area contributed by atoms with Crippen LogP contribution in [0.15, 0.2) is 12.1 Å². The zero-order valence-corrected chi connectivity index (χ0v) is 11.6. The predicted molar refractivity (Wildman–Crippen MR) is 75.6 cm³/mol. The summed E-state index contributed by atoms with van der Waals surface area (Å²) in [5.74, 6) is -0.844. The fourth-order valence-corrected chi connectivity index (χ4v) is 2.78. The molecule has 2 aromatic rings. The number of carbonyl (C=O) groups is 2. The van der Waals surface area contributed by atoms with E-state index in [4.69, 9.17) is 4.74 Å². The van der Waals surface area contributed by atoms with Gasteiger partial charge in [0.15, 0.2) is 6.29 Å². The zero-order chi connectivity index (χ0) is 15.3. The molecule has 0 fully saturated rings. The number of ether oxygens (including phenoxy) is 1. The molecule has 1 heterocycles. The Kier molecular flexibility index (Phi) is 2.95. The molecule has 108 valence electrons. The molecule has 5 heteroatoms. The fraction of sp³-hybridized carbons (Fsp3) is 0.250. The topological polar surface area (TPSA) is 83.8 Å². The third kappa shape index (κ3) is 1.89. The van der Waals surface area contributed by atoms with Gasteiger partial charge in [0.2, 0.25) is 6.29 Å². The van der Waals surface area contributed by atoms with Gasteiger partial charge in [-0.3, -0.25) is 4.79 Å². The summed E-state index contributed by atoms with van der Waals surface area (Å²) in [5.41, 5.74) is 2.53. The molecule has 0 aromatic heterocycles. The maximum atomic E-state index is 12.1. The van der Waals surface area contributed by atoms with Crippen LogP contribution in [0.25, 0.3) is 10.8 Å². The average molecular weight is 286 g/mol. The molecule has 2 aromatic carbocycles. The van der Waals surface area contributed by atoms with E-state index in [0.717, 1.165) is 11.1 Å². The quantitative estimate of drug-likeness (QED) is 0.619. The highest BCUT2D eigenvalue weighted by Crippen LogP contribution is 2.38. The van der Waals surface area contributed by atoms with Gasteiger partial charge < -0.3 is 14.9 Å². The smallest absolute Gasteiger partial charge is 0.341 e. The van der Waals surface area contributed by atoms with Crippen LogP contribution in [0.4, 0.5) is 0 Å². The highest BCUT2D eigenvalue weighted by molar-refractivity contribution is 6.12. The molecule has 0 saturated carbocycles. The van der Waals surface area contributed by atoms with Crippen molar-refractivity contribution in [2.45, 2.75) is 26.6 Å². The van der Waals surface area contributed by atoms with Crippen LogP contribution in [0.1, 0.15) is 37.4 Å². The van der Waals surface area contributed by atoms with Gasteiger partial charge in [0, 0.05) is 17.2 Å². The summed E-state index contributed by atoms with van der Waals surface area (Å²) >= 11 is 0. The minimum absolute atomic E-state index is 0.00836. The molecule has 21 heavy (non-hydrogen) atoms. The van der Waals surface area contributed by atoms with Crippen molar-refractivity contribution >= 4 is 23.0 Å². The van der Waals surface area contributed by atoms with Crippen LogP contribution in [0.2, 0.25) is 0 Å². The van der Waals surface area contributed by atoms with Crippen LogP contribution >= 0.6 is 0 Å². The summed E-state index contributed by atoms with van der Waals surface area (Å²) in [4.78, 5) is 23.4. The number of hydrogen-bond acceptors (Lipinski definition) is 5. The molecule has 0 aliphatic carbocycles. The molecule has 0 amide bonds. The minimum Gasteiger partial charge on any atom is -0.507 e. The number of carbonyl (C=O) groups excluding carboxylic acids is 2. The number of aromatic hydroxyl groups is 1. The highest BCUT2D eigenvalue weighted by Gasteiger charge is 2.31. The SMILES string of the molecule is Cc1cc2c(O)c(C=O)c3c(c2cc1C)C(=O)OC(O)C3. The summed E-state index contributed by atoms with van der Waals surface area (Å²) in [6.45, 7) is 3.78. The van der Waals surface area contributed by atoms with Crippen LogP contribution in [-0.4, -0.2) is 28.8 Å². The number of aldehydes is 1. The first kappa shape index (κ1) is 13.6. The van der Waals surface area contributed by atoms with Crippen molar-refractivity contribution in [2.75, 3.05) is 0 Å². The van der Waals surface area contributed by atoms with Crippen molar-refractivity contribution in [2.24, 2.45) is 0 Å². The van der Waals surface area contributed by atoms with Crippen molar-refractivity contribution in [3.05, 3.63) is 39.9 Å². The Morgan fingerprint density at radius 2 is 1.86 bits per heavy atom. The van der Waals surface area contributed by atoms with Gasteiger partial charge in [0.05, 0.1) is 11.1 Å². The second-order valence-corrected chi connectivity index (χ2v) is 5.28. The Morgan fingerprint density at radius 1 is 1.24 bits per heavy atom. The van der Waals surface area contributed by atoms with E-state index in [-0.39, 0.29) is 23.3 Å².